The quantitative estimate of drug-likeness (QED) is 0.205. The monoisotopic (exact) mass is 426 g/mol. The maximum atomic E-state index is 15.0. The minimum Gasteiger partial charge on any atom is -0.480 e. The lowest BCUT2D eigenvalue weighted by atomic mass is 9.95. The number of halogens is 1. The highest BCUT2D eigenvalue weighted by atomic mass is 31.2. The molecule has 156 valence electrons. The Morgan fingerprint density at radius 3 is 2.75 bits per heavy atom. The van der Waals surface area contributed by atoms with E-state index in [2.05, 4.69) is 11.4 Å². The molecule has 6 unspecified atom stereocenters. The van der Waals surface area contributed by atoms with Crippen molar-refractivity contribution < 1.29 is 43.2 Å². The summed E-state index contributed by atoms with van der Waals surface area (Å²) < 4.78 is 36.6. The summed E-state index contributed by atoms with van der Waals surface area (Å²) in [5, 5.41) is 30.8. The van der Waals surface area contributed by atoms with Crippen LogP contribution in [-0.4, -0.2) is 65.9 Å². The number of carboxylic acid groups (broad SMARTS) is 1. The number of hydrogen-bond acceptors (Lipinski definition) is 8. The number of carbonyl (C=O) groups is 1. The summed E-state index contributed by atoms with van der Waals surface area (Å²) in [5.41, 5.74) is -4.56. The van der Waals surface area contributed by atoms with Crippen LogP contribution in [0.3, 0.4) is 0 Å². The predicted octanol–water partition coefficient (Wildman–Crippen LogP) is -2.16. The first kappa shape index (κ1) is 22.2. The van der Waals surface area contributed by atoms with Gasteiger partial charge in [0.15, 0.2) is 6.10 Å². The van der Waals surface area contributed by atoms with E-state index < -0.39 is 61.4 Å². The van der Waals surface area contributed by atoms with E-state index in [0.717, 1.165) is 19.2 Å². The molecule has 2 heterocycles. The fourth-order valence-corrected chi connectivity index (χ4v) is 3.42. The smallest absolute Gasteiger partial charge is 0.403 e. The zero-order valence-corrected chi connectivity index (χ0v) is 15.2. The largest absolute Gasteiger partial charge is 0.480 e. The fraction of sp³-hybridized carbons (Fsp3) is 0.538. The summed E-state index contributed by atoms with van der Waals surface area (Å²) in [4.78, 5) is 45.1. The molecule has 0 aromatic carbocycles. The molecule has 28 heavy (non-hydrogen) atoms. The Balaban J connectivity index is 2.23. The summed E-state index contributed by atoms with van der Waals surface area (Å²) in [5.74, 6) is -4.81. The molecule has 15 heteroatoms. The van der Waals surface area contributed by atoms with Crippen LogP contribution in [0.1, 0.15) is 13.2 Å². The maximum Gasteiger partial charge on any atom is 0.403 e. The first-order valence-electron chi connectivity index (χ1n) is 7.61. The second kappa shape index (κ2) is 7.40. The van der Waals surface area contributed by atoms with Crippen LogP contribution in [0.2, 0.25) is 0 Å². The number of hydrogen-bond donors (Lipinski definition) is 6. The second-order valence-corrected chi connectivity index (χ2v) is 7.71. The van der Waals surface area contributed by atoms with E-state index in [-0.39, 0.29) is 0 Å². The second-order valence-electron chi connectivity index (χ2n) is 6.15. The third-order valence-electron chi connectivity index (χ3n) is 3.88. The van der Waals surface area contributed by atoms with E-state index >= 15 is 4.39 Å². The molecule has 1 aromatic heterocycles. The number of aromatic amines is 1. The Hall–Kier alpha value is -2.06. The standard InChI is InChI=1S/C13H17FN3O10P/c1-6(8(19)20)16-28(24,25)26-5-13(14)9(21)12(2,23)10(27-13)17-4-3-7(18)15-11(17)22/h3-4,6,9-10,21,23H,2,5H2,1H3,(H3-,15,16,18,19,20,22,24,25)/p+1. The van der Waals surface area contributed by atoms with Crippen LogP contribution >= 0.6 is 7.75 Å². The summed E-state index contributed by atoms with van der Waals surface area (Å²) in [6.07, 6.45) is -3.54. The Kier molecular flexibility index (Phi) is 5.88. The number of rotatable bonds is 7. The van der Waals surface area contributed by atoms with Gasteiger partial charge in [-0.1, -0.05) is 0 Å². The van der Waals surface area contributed by atoms with Crippen LogP contribution < -0.4 is 16.3 Å². The van der Waals surface area contributed by atoms with Crippen LogP contribution in [0, 0.1) is 6.92 Å². The molecule has 1 aromatic rings. The van der Waals surface area contributed by atoms with Crippen molar-refractivity contribution in [3.63, 3.8) is 0 Å². The summed E-state index contributed by atoms with van der Waals surface area (Å²) in [6, 6.07) is -0.667. The lowest BCUT2D eigenvalue weighted by molar-refractivity contribution is -0.204. The summed E-state index contributed by atoms with van der Waals surface area (Å²) in [7, 11) is -4.85. The molecule has 1 aliphatic rings. The molecule has 6 atom stereocenters. The Morgan fingerprint density at radius 2 is 2.21 bits per heavy atom. The topological polar surface area (TPSA) is 200 Å². The van der Waals surface area contributed by atoms with E-state index in [9.17, 15) is 34.1 Å². The number of aliphatic carboxylic acids is 1. The first-order chi connectivity index (χ1) is 12.7. The van der Waals surface area contributed by atoms with Crippen molar-refractivity contribution in [3.05, 3.63) is 40.0 Å². The summed E-state index contributed by atoms with van der Waals surface area (Å²) >= 11 is 0. The molecular formula is C13H18FN3O10P+. The van der Waals surface area contributed by atoms with Gasteiger partial charge in [-0.15, -0.1) is 0 Å². The van der Waals surface area contributed by atoms with E-state index in [1.807, 2.05) is 4.98 Å². The van der Waals surface area contributed by atoms with Crippen LogP contribution in [-0.2, 0) is 18.6 Å². The van der Waals surface area contributed by atoms with Gasteiger partial charge in [-0.05, 0) is 6.92 Å². The van der Waals surface area contributed by atoms with Gasteiger partial charge in [-0.3, -0.25) is 23.7 Å². The van der Waals surface area contributed by atoms with Gasteiger partial charge < -0.3 is 24.9 Å². The number of aliphatic hydroxyl groups excluding tert-OH is 1. The fourth-order valence-electron chi connectivity index (χ4n) is 2.40. The molecule has 6 N–H and O–H groups in total. The van der Waals surface area contributed by atoms with E-state index in [1.54, 1.807) is 5.09 Å². The van der Waals surface area contributed by atoms with E-state index in [0.29, 0.717) is 4.57 Å². The van der Waals surface area contributed by atoms with Crippen LogP contribution in [0.15, 0.2) is 21.9 Å². The number of nitrogens with zero attached hydrogens (tertiary/aromatic N) is 1. The van der Waals surface area contributed by atoms with Gasteiger partial charge in [0.2, 0.25) is 6.23 Å². The Bertz CT molecular complexity index is 916. The molecule has 0 saturated carbocycles. The molecule has 2 rings (SSSR count). The highest BCUT2D eigenvalue weighted by Crippen LogP contribution is 2.47. The normalized spacial score (nSPS) is 33.3. The lowest BCUT2D eigenvalue weighted by Crippen LogP contribution is -2.50. The average Bonchev–Trinajstić information content (AvgIpc) is 2.74. The van der Waals surface area contributed by atoms with Crippen molar-refractivity contribution in [1.82, 2.24) is 14.6 Å². The van der Waals surface area contributed by atoms with Gasteiger partial charge >= 0.3 is 19.4 Å². The van der Waals surface area contributed by atoms with Gasteiger partial charge in [-0.2, -0.15) is 0 Å². The molecule has 0 aliphatic carbocycles. The minimum absolute atomic E-state index is 0.544. The number of alkyl halides is 1. The molecule has 13 nitrogen and oxygen atoms in total. The predicted molar refractivity (Wildman–Crippen MR) is 87.6 cm³/mol. The van der Waals surface area contributed by atoms with Gasteiger partial charge in [-0.25, -0.2) is 18.8 Å². The van der Waals surface area contributed by atoms with Crippen molar-refractivity contribution in [2.75, 3.05) is 6.61 Å². The zero-order valence-electron chi connectivity index (χ0n) is 14.3. The molecule has 1 saturated heterocycles. The number of ether oxygens (including phenoxy) is 1. The van der Waals surface area contributed by atoms with Crippen LogP contribution in [0.5, 0.6) is 0 Å². The van der Waals surface area contributed by atoms with Crippen molar-refractivity contribution in [2.24, 2.45) is 0 Å². The highest BCUT2D eigenvalue weighted by Gasteiger charge is 2.68. The zero-order chi connectivity index (χ0) is 21.5. The third kappa shape index (κ3) is 4.33. The van der Waals surface area contributed by atoms with Crippen molar-refractivity contribution in [1.29, 1.82) is 0 Å². The third-order valence-corrected chi connectivity index (χ3v) is 5.08. The van der Waals surface area contributed by atoms with Gasteiger partial charge in [0.05, 0.1) is 0 Å². The number of nitrogens with one attached hydrogen (secondary N) is 2. The van der Waals surface area contributed by atoms with E-state index in [4.69, 9.17) is 9.84 Å². The maximum absolute atomic E-state index is 15.0. The molecule has 0 radical (unpaired) electrons. The van der Waals surface area contributed by atoms with E-state index in [1.165, 1.54) is 0 Å². The molecule has 1 fully saturated rings. The minimum atomic E-state index is -4.85. The Labute approximate surface area is 155 Å². The van der Waals surface area contributed by atoms with Gasteiger partial charge in [0.1, 0.15) is 19.6 Å². The van der Waals surface area contributed by atoms with Crippen LogP contribution in [0.4, 0.5) is 4.39 Å². The molecule has 0 amide bonds. The highest BCUT2D eigenvalue weighted by molar-refractivity contribution is 7.50. The van der Waals surface area contributed by atoms with Gasteiger partial charge in [0, 0.05) is 12.3 Å². The number of aliphatic hydroxyl groups is 2. The SMILES string of the molecule is [CH2+]C1(O)C(n2ccc(=O)[nH]c2=O)OC(F)(COP(=O)(O)NC(C)C(=O)O)C1O. The van der Waals surface area contributed by atoms with Gasteiger partial charge in [0.25, 0.3) is 17.0 Å². The summed E-state index contributed by atoms with van der Waals surface area (Å²) in [6.45, 7) is 2.78. The molecule has 1 aliphatic heterocycles. The van der Waals surface area contributed by atoms with Crippen molar-refractivity contribution in [3.8, 4) is 0 Å². The number of aromatic nitrogens is 2. The number of H-pyrrole nitrogens is 1. The van der Waals surface area contributed by atoms with Crippen molar-refractivity contribution >= 4 is 13.7 Å². The number of carboxylic acids is 1. The molecule has 0 bridgehead atoms. The van der Waals surface area contributed by atoms with Crippen LogP contribution in [0.25, 0.3) is 0 Å². The molecule has 0 spiro atoms. The average molecular weight is 426 g/mol. The lowest BCUT2D eigenvalue weighted by Gasteiger charge is -2.24. The molecular weight excluding hydrogens is 408 g/mol. The van der Waals surface area contributed by atoms with Crippen molar-refractivity contribution in [2.45, 2.75) is 36.8 Å². The first-order valence-corrected chi connectivity index (χ1v) is 9.19. The Morgan fingerprint density at radius 1 is 1.61 bits per heavy atom.